The first kappa shape index (κ1) is 8.27. The summed E-state index contributed by atoms with van der Waals surface area (Å²) in [5, 5.41) is 4.22. The summed E-state index contributed by atoms with van der Waals surface area (Å²) in [5.74, 6) is 5.74. The third-order valence-electron chi connectivity index (χ3n) is 1.58. The van der Waals surface area contributed by atoms with Crippen LogP contribution in [0.25, 0.3) is 5.65 Å². The fourth-order valence-corrected chi connectivity index (χ4v) is 1.36. The second-order valence-electron chi connectivity index (χ2n) is 2.44. The predicted molar refractivity (Wildman–Crippen MR) is 53.2 cm³/mol. The Morgan fingerprint density at radius 3 is 3.08 bits per heavy atom. The molecule has 0 atom stereocenters. The monoisotopic (exact) mass is 235 g/mol. The molecular formula is C9H6BrN3. The Balaban J connectivity index is 2.76. The summed E-state index contributed by atoms with van der Waals surface area (Å²) in [5.41, 5.74) is 1.61. The SMILES string of the molecule is CC#Cc1cnc2ccc(Br)nn12. The van der Waals surface area contributed by atoms with E-state index in [1.807, 2.05) is 12.1 Å². The Labute approximate surface area is 83.9 Å². The van der Waals surface area contributed by atoms with Crippen molar-refractivity contribution in [2.45, 2.75) is 6.92 Å². The van der Waals surface area contributed by atoms with Gasteiger partial charge in [0, 0.05) is 0 Å². The number of nitrogens with zero attached hydrogens (tertiary/aromatic N) is 3. The summed E-state index contributed by atoms with van der Waals surface area (Å²) in [6, 6.07) is 3.74. The van der Waals surface area contributed by atoms with Gasteiger partial charge in [0.1, 0.15) is 10.3 Å². The molecule has 64 valence electrons. The molecule has 0 amide bonds. The molecule has 0 fully saturated rings. The van der Waals surface area contributed by atoms with Crippen LogP contribution in [0.15, 0.2) is 22.9 Å². The van der Waals surface area contributed by atoms with Crippen molar-refractivity contribution in [2.24, 2.45) is 0 Å². The highest BCUT2D eigenvalue weighted by atomic mass is 79.9. The molecule has 0 radical (unpaired) electrons. The maximum atomic E-state index is 4.22. The lowest BCUT2D eigenvalue weighted by atomic mass is 10.5. The van der Waals surface area contributed by atoms with Crippen molar-refractivity contribution < 1.29 is 0 Å². The first-order chi connectivity index (χ1) is 6.31. The van der Waals surface area contributed by atoms with E-state index in [9.17, 15) is 0 Å². The average Bonchev–Trinajstić information content (AvgIpc) is 2.49. The van der Waals surface area contributed by atoms with Gasteiger partial charge >= 0.3 is 0 Å². The van der Waals surface area contributed by atoms with Crippen LogP contribution in [-0.4, -0.2) is 14.6 Å². The van der Waals surface area contributed by atoms with Gasteiger partial charge in [-0.15, -0.1) is 0 Å². The van der Waals surface area contributed by atoms with E-state index in [2.05, 4.69) is 37.9 Å². The van der Waals surface area contributed by atoms with Gasteiger partial charge in [0.05, 0.1) is 6.20 Å². The van der Waals surface area contributed by atoms with Gasteiger partial charge < -0.3 is 0 Å². The first-order valence-corrected chi connectivity index (χ1v) is 4.53. The lowest BCUT2D eigenvalue weighted by Gasteiger charge is -1.93. The Bertz CT molecular complexity index is 504. The zero-order valence-electron chi connectivity index (χ0n) is 6.95. The van der Waals surface area contributed by atoms with Gasteiger partial charge in [-0.25, -0.2) is 9.50 Å². The van der Waals surface area contributed by atoms with E-state index in [0.29, 0.717) is 0 Å². The molecule has 0 aromatic carbocycles. The van der Waals surface area contributed by atoms with Crippen molar-refractivity contribution in [3.05, 3.63) is 28.6 Å². The largest absolute Gasteiger partial charge is 0.234 e. The number of aromatic nitrogens is 3. The molecule has 0 bridgehead atoms. The van der Waals surface area contributed by atoms with Gasteiger partial charge in [0.15, 0.2) is 5.65 Å². The molecule has 2 heterocycles. The summed E-state index contributed by atoms with van der Waals surface area (Å²) in [7, 11) is 0. The highest BCUT2D eigenvalue weighted by Gasteiger charge is 2.00. The molecule has 13 heavy (non-hydrogen) atoms. The maximum Gasteiger partial charge on any atom is 0.155 e. The predicted octanol–water partition coefficient (Wildman–Crippen LogP) is 1.86. The number of hydrogen-bond donors (Lipinski definition) is 0. The van der Waals surface area contributed by atoms with Crippen LogP contribution in [0.1, 0.15) is 12.6 Å². The van der Waals surface area contributed by atoms with Crippen LogP contribution in [0, 0.1) is 11.8 Å². The molecule has 0 unspecified atom stereocenters. The average molecular weight is 236 g/mol. The molecule has 0 saturated carbocycles. The standard InChI is InChI=1S/C9H6BrN3/c1-2-3-7-6-11-9-5-4-8(10)12-13(7)9/h4-6H,1H3. The number of halogens is 1. The molecular weight excluding hydrogens is 230 g/mol. The molecule has 3 nitrogen and oxygen atoms in total. The fraction of sp³-hybridized carbons (Fsp3) is 0.111. The van der Waals surface area contributed by atoms with E-state index in [1.165, 1.54) is 0 Å². The minimum absolute atomic E-state index is 0.775. The van der Waals surface area contributed by atoms with Crippen molar-refractivity contribution in [1.82, 2.24) is 14.6 Å². The number of fused-ring (bicyclic) bond motifs is 1. The normalized spacial score (nSPS) is 9.69. The van der Waals surface area contributed by atoms with Crippen LogP contribution < -0.4 is 0 Å². The van der Waals surface area contributed by atoms with E-state index in [4.69, 9.17) is 0 Å². The molecule has 4 heteroatoms. The summed E-state index contributed by atoms with van der Waals surface area (Å²) in [6.45, 7) is 1.79. The topological polar surface area (TPSA) is 30.2 Å². The zero-order chi connectivity index (χ0) is 9.26. The van der Waals surface area contributed by atoms with E-state index in [0.717, 1.165) is 15.9 Å². The molecule has 2 rings (SSSR count). The van der Waals surface area contributed by atoms with Gasteiger partial charge in [0.2, 0.25) is 0 Å². The summed E-state index contributed by atoms with van der Waals surface area (Å²) >= 11 is 3.29. The molecule has 0 saturated heterocycles. The van der Waals surface area contributed by atoms with E-state index < -0.39 is 0 Å². The smallest absolute Gasteiger partial charge is 0.155 e. The van der Waals surface area contributed by atoms with E-state index >= 15 is 0 Å². The number of imidazole rings is 1. The second-order valence-corrected chi connectivity index (χ2v) is 3.26. The lowest BCUT2D eigenvalue weighted by Crippen LogP contribution is -1.93. The van der Waals surface area contributed by atoms with Gasteiger partial charge in [0.25, 0.3) is 0 Å². The summed E-state index contributed by atoms with van der Waals surface area (Å²) in [6.07, 6.45) is 1.71. The quantitative estimate of drug-likeness (QED) is 0.653. The minimum atomic E-state index is 0.775. The first-order valence-electron chi connectivity index (χ1n) is 3.74. The minimum Gasteiger partial charge on any atom is -0.234 e. The molecule has 0 aliphatic heterocycles. The Morgan fingerprint density at radius 2 is 2.31 bits per heavy atom. The van der Waals surface area contributed by atoms with E-state index in [-0.39, 0.29) is 0 Å². The molecule has 2 aromatic rings. The van der Waals surface area contributed by atoms with E-state index in [1.54, 1.807) is 17.6 Å². The third-order valence-corrected chi connectivity index (χ3v) is 2.01. The van der Waals surface area contributed by atoms with Gasteiger partial charge in [-0.3, -0.25) is 0 Å². The lowest BCUT2D eigenvalue weighted by molar-refractivity contribution is 0.905. The molecule has 2 aromatic heterocycles. The van der Waals surface area contributed by atoms with Gasteiger partial charge in [-0.2, -0.15) is 5.10 Å². The zero-order valence-corrected chi connectivity index (χ0v) is 8.54. The van der Waals surface area contributed by atoms with Crippen LogP contribution in [-0.2, 0) is 0 Å². The van der Waals surface area contributed by atoms with Gasteiger partial charge in [-0.05, 0) is 40.9 Å². The van der Waals surface area contributed by atoms with Gasteiger partial charge in [-0.1, -0.05) is 5.92 Å². The van der Waals surface area contributed by atoms with Crippen molar-refractivity contribution in [3.63, 3.8) is 0 Å². The van der Waals surface area contributed by atoms with Crippen molar-refractivity contribution in [1.29, 1.82) is 0 Å². The van der Waals surface area contributed by atoms with Crippen molar-refractivity contribution in [3.8, 4) is 11.8 Å². The summed E-state index contributed by atoms with van der Waals surface area (Å²) in [4.78, 5) is 4.16. The number of rotatable bonds is 0. The molecule has 0 aliphatic rings. The maximum absolute atomic E-state index is 4.22. The Kier molecular flexibility index (Phi) is 2.03. The van der Waals surface area contributed by atoms with Crippen LogP contribution in [0.5, 0.6) is 0 Å². The highest BCUT2D eigenvalue weighted by molar-refractivity contribution is 9.10. The van der Waals surface area contributed by atoms with Crippen LogP contribution in [0.4, 0.5) is 0 Å². The number of hydrogen-bond acceptors (Lipinski definition) is 2. The molecule has 0 aliphatic carbocycles. The van der Waals surface area contributed by atoms with Crippen molar-refractivity contribution >= 4 is 21.6 Å². The van der Waals surface area contributed by atoms with Crippen LogP contribution in [0.3, 0.4) is 0 Å². The molecule has 0 spiro atoms. The van der Waals surface area contributed by atoms with Crippen LogP contribution in [0.2, 0.25) is 0 Å². The Hall–Kier alpha value is -1.34. The Morgan fingerprint density at radius 1 is 1.46 bits per heavy atom. The fourth-order valence-electron chi connectivity index (χ4n) is 1.06. The van der Waals surface area contributed by atoms with Crippen LogP contribution >= 0.6 is 15.9 Å². The summed E-state index contributed by atoms with van der Waals surface area (Å²) < 4.78 is 2.48. The third kappa shape index (κ3) is 1.43. The highest BCUT2D eigenvalue weighted by Crippen LogP contribution is 2.08. The second kappa shape index (κ2) is 3.19. The van der Waals surface area contributed by atoms with Crippen molar-refractivity contribution in [2.75, 3.05) is 0 Å². The molecule has 0 N–H and O–H groups in total.